The first-order valence-electron chi connectivity index (χ1n) is 22.0. The van der Waals surface area contributed by atoms with E-state index < -0.39 is 15.9 Å². The maximum Gasteiger partial charge on any atom is 0.270 e. The van der Waals surface area contributed by atoms with Crippen molar-refractivity contribution >= 4 is 44.2 Å². The molecule has 2 aliphatic heterocycles. The normalized spacial score (nSPS) is 21.6. The van der Waals surface area contributed by atoms with Crippen LogP contribution in [0.15, 0.2) is 89.3 Å². The Morgan fingerprint density at radius 1 is 1.02 bits per heavy atom. The van der Waals surface area contributed by atoms with Gasteiger partial charge in [-0.1, -0.05) is 38.1 Å². The third kappa shape index (κ3) is 8.41. The number of fused-ring (bicyclic) bond motifs is 1. The van der Waals surface area contributed by atoms with Crippen molar-refractivity contribution in [3.63, 3.8) is 0 Å². The molecule has 1 amide bonds. The van der Waals surface area contributed by atoms with Gasteiger partial charge in [-0.3, -0.25) is 9.69 Å². The largest absolute Gasteiger partial charge is 0.455 e. The summed E-state index contributed by atoms with van der Waals surface area (Å²) in [6, 6.07) is 20.0. The van der Waals surface area contributed by atoms with Crippen LogP contribution in [0, 0.1) is 16.2 Å². The number of carbonyl (C=O) groups is 1. The lowest BCUT2D eigenvalue weighted by molar-refractivity contribution is -0.0228. The van der Waals surface area contributed by atoms with E-state index in [-0.39, 0.29) is 21.9 Å². The van der Waals surface area contributed by atoms with Crippen LogP contribution in [-0.4, -0.2) is 91.4 Å². The number of aromatic amines is 1. The Labute approximate surface area is 363 Å². The maximum atomic E-state index is 13.9. The summed E-state index contributed by atoms with van der Waals surface area (Å²) in [5.41, 5.74) is 4.27. The lowest BCUT2D eigenvalue weighted by Crippen LogP contribution is -2.55. The molecule has 15 heteroatoms. The number of carbonyl (C=O) groups excluding carboxylic acids is 1. The van der Waals surface area contributed by atoms with Crippen molar-refractivity contribution in [3.8, 4) is 11.5 Å². The first-order valence-corrected chi connectivity index (χ1v) is 23.5. The van der Waals surface area contributed by atoms with Crippen molar-refractivity contribution in [2.75, 3.05) is 50.5 Å². The summed E-state index contributed by atoms with van der Waals surface area (Å²) in [7, 11) is -0.309. The number of anilines is 2. The number of pyridine rings is 2. The number of rotatable bonds is 14. The highest BCUT2D eigenvalue weighted by Gasteiger charge is 2.50. The van der Waals surface area contributed by atoms with Gasteiger partial charge in [0.05, 0.1) is 16.8 Å². The van der Waals surface area contributed by atoms with E-state index in [1.807, 2.05) is 6.07 Å². The zero-order valence-corrected chi connectivity index (χ0v) is 36.8. The van der Waals surface area contributed by atoms with Crippen LogP contribution in [0.1, 0.15) is 98.7 Å². The summed E-state index contributed by atoms with van der Waals surface area (Å²) in [6.07, 6.45) is 13.7. The molecule has 5 aromatic rings. The predicted octanol–water partition coefficient (Wildman–Crippen LogP) is 8.73. The molecule has 4 fully saturated rings. The summed E-state index contributed by atoms with van der Waals surface area (Å²) in [5, 5.41) is 7.16. The third-order valence-electron chi connectivity index (χ3n) is 14.1. The number of nitroso groups, excluding NO2 is 1. The highest BCUT2D eigenvalue weighted by Crippen LogP contribution is 2.54. The smallest absolute Gasteiger partial charge is 0.270 e. The first-order chi connectivity index (χ1) is 29.9. The Hall–Kier alpha value is -5.38. The SMILES string of the molecule is CC(C)c1ccccc1[C@@H]1CCCN1C1CC2(CCN(c3cc(Oc4cnc5[nH]ccc5c4)c(C(=O)NS(=O)(=O)c4ccc(NC[C@H]5C[C@H](N(C)C)C5)c(N=O)c4)cn3)CC2)C1. The minimum Gasteiger partial charge on any atom is -0.455 e. The number of aromatic nitrogens is 3. The molecule has 3 aromatic heterocycles. The lowest BCUT2D eigenvalue weighted by Gasteiger charge is -2.56. The van der Waals surface area contributed by atoms with E-state index in [0.717, 1.165) is 50.7 Å². The molecule has 2 aliphatic carbocycles. The van der Waals surface area contributed by atoms with Crippen LogP contribution in [0.3, 0.4) is 0 Å². The van der Waals surface area contributed by atoms with Gasteiger partial charge in [-0.15, -0.1) is 4.91 Å². The molecular weight excluding hydrogens is 803 g/mol. The zero-order valence-electron chi connectivity index (χ0n) is 36.0. The predicted molar refractivity (Wildman–Crippen MR) is 242 cm³/mol. The van der Waals surface area contributed by atoms with Gasteiger partial charge in [0.2, 0.25) is 0 Å². The number of piperidine rings is 1. The molecule has 5 heterocycles. The van der Waals surface area contributed by atoms with Gasteiger partial charge in [-0.05, 0) is 136 Å². The zero-order chi connectivity index (χ0) is 43.2. The van der Waals surface area contributed by atoms with Crippen LogP contribution >= 0.6 is 0 Å². The fraction of sp³-hybridized carbons (Fsp3) is 0.468. The number of hydrogen-bond donors (Lipinski definition) is 3. The minimum atomic E-state index is -4.43. The number of hydrogen-bond acceptors (Lipinski definition) is 12. The molecule has 2 saturated heterocycles. The highest BCUT2D eigenvalue weighted by molar-refractivity contribution is 7.90. The Morgan fingerprint density at radius 2 is 1.81 bits per heavy atom. The van der Waals surface area contributed by atoms with E-state index in [4.69, 9.17) is 9.72 Å². The second-order valence-electron chi connectivity index (χ2n) is 18.5. The molecule has 2 saturated carbocycles. The minimum absolute atomic E-state index is 0.0557. The van der Waals surface area contributed by atoms with Gasteiger partial charge in [-0.25, -0.2) is 23.1 Å². The molecule has 0 unspecified atom stereocenters. The average molecular weight is 860 g/mol. The molecule has 9 rings (SSSR count). The number of ether oxygens (including phenoxy) is 1. The Bertz CT molecular complexity index is 2560. The molecule has 1 atom stereocenters. The molecule has 62 heavy (non-hydrogen) atoms. The van der Waals surface area contributed by atoms with Crippen molar-refractivity contribution < 1.29 is 17.9 Å². The van der Waals surface area contributed by atoms with E-state index in [1.54, 1.807) is 24.5 Å². The molecule has 2 aromatic carbocycles. The first kappa shape index (κ1) is 41.9. The van der Waals surface area contributed by atoms with E-state index in [9.17, 15) is 18.1 Å². The monoisotopic (exact) mass is 859 g/mol. The highest BCUT2D eigenvalue weighted by atomic mass is 32.2. The van der Waals surface area contributed by atoms with Crippen molar-refractivity contribution in [2.45, 2.75) is 94.2 Å². The topological polar surface area (TPSA) is 165 Å². The summed E-state index contributed by atoms with van der Waals surface area (Å²) in [5.74, 6) is 1.19. The van der Waals surface area contributed by atoms with Crippen molar-refractivity contribution in [2.24, 2.45) is 16.5 Å². The van der Waals surface area contributed by atoms with Gasteiger partial charge in [0.15, 0.2) is 0 Å². The van der Waals surface area contributed by atoms with E-state index in [1.165, 1.54) is 61.2 Å². The van der Waals surface area contributed by atoms with Crippen LogP contribution in [0.2, 0.25) is 0 Å². The van der Waals surface area contributed by atoms with Gasteiger partial charge in [0, 0.05) is 61.6 Å². The summed E-state index contributed by atoms with van der Waals surface area (Å²) < 4.78 is 35.8. The van der Waals surface area contributed by atoms with Gasteiger partial charge >= 0.3 is 0 Å². The van der Waals surface area contributed by atoms with E-state index >= 15 is 0 Å². The van der Waals surface area contributed by atoms with Gasteiger partial charge in [0.1, 0.15) is 34.2 Å². The Balaban J connectivity index is 0.887. The average Bonchev–Trinajstić information content (AvgIpc) is 3.92. The van der Waals surface area contributed by atoms with Gasteiger partial charge in [0.25, 0.3) is 15.9 Å². The quantitative estimate of drug-likeness (QED) is 0.0915. The molecule has 4 aliphatic rings. The lowest BCUT2D eigenvalue weighted by atomic mass is 9.60. The second kappa shape index (κ2) is 17.1. The van der Waals surface area contributed by atoms with Gasteiger partial charge in [-0.2, -0.15) is 0 Å². The van der Waals surface area contributed by atoms with Crippen molar-refractivity contribution in [3.05, 3.63) is 101 Å². The molecule has 1 spiro atoms. The van der Waals surface area contributed by atoms with E-state index in [0.29, 0.717) is 64.8 Å². The third-order valence-corrected chi connectivity index (χ3v) is 15.4. The summed E-state index contributed by atoms with van der Waals surface area (Å²) >= 11 is 0. The van der Waals surface area contributed by atoms with Crippen LogP contribution in [-0.2, 0) is 10.0 Å². The number of H-pyrrole nitrogens is 1. The fourth-order valence-electron chi connectivity index (χ4n) is 10.3. The second-order valence-corrected chi connectivity index (χ2v) is 20.2. The van der Waals surface area contributed by atoms with Crippen molar-refractivity contribution in [1.29, 1.82) is 0 Å². The fourth-order valence-corrected chi connectivity index (χ4v) is 11.3. The maximum absolute atomic E-state index is 13.9. The van der Waals surface area contributed by atoms with Crippen LogP contribution in [0.25, 0.3) is 11.0 Å². The molecule has 3 N–H and O–H groups in total. The van der Waals surface area contributed by atoms with E-state index in [2.05, 4.69) is 92.1 Å². The standard InChI is InChI=1S/C47H57N9O5S/c1-30(2)37-8-5-6-9-38(37)42-10-7-17-56(42)34-25-47(26-34)14-18-55(19-15-47)44-24-43(61-35-22-32-13-16-48-45(32)51-28-35)39(29-50-44)46(57)53-62(59,60)36-11-12-40(41(23-36)52-58)49-27-31-20-33(21-31)54(3)4/h5-6,8-9,11-13,16,22-24,28-31,33-34,42,49H,7,10,14-15,17-21,25-27H2,1-4H3,(H,48,51)(H,53,57)/t31-,33-,42-/m0/s1. The van der Waals surface area contributed by atoms with Gasteiger partial charge < -0.3 is 24.8 Å². The Morgan fingerprint density at radius 3 is 2.56 bits per heavy atom. The Kier molecular flexibility index (Phi) is 11.5. The summed E-state index contributed by atoms with van der Waals surface area (Å²) in [6.45, 7) is 8.00. The number of benzene rings is 2. The number of amides is 1. The van der Waals surface area contributed by atoms with Crippen LogP contribution in [0.5, 0.6) is 11.5 Å². The molecule has 0 radical (unpaired) electrons. The number of sulfonamides is 1. The van der Waals surface area contributed by atoms with Crippen LogP contribution in [0.4, 0.5) is 17.2 Å². The molecule has 14 nitrogen and oxygen atoms in total. The number of likely N-dealkylation sites (tertiary alicyclic amines) is 1. The molecular formula is C47H57N9O5S. The molecule has 326 valence electrons. The van der Waals surface area contributed by atoms with Crippen molar-refractivity contribution in [1.82, 2.24) is 29.5 Å². The summed E-state index contributed by atoms with van der Waals surface area (Å²) in [4.78, 5) is 44.9. The number of nitrogens with one attached hydrogen (secondary N) is 3. The van der Waals surface area contributed by atoms with Crippen LogP contribution < -0.4 is 19.7 Å². The molecule has 0 bridgehead atoms. The number of nitrogens with zero attached hydrogens (tertiary/aromatic N) is 6.